The van der Waals surface area contributed by atoms with Crippen LogP contribution in [0, 0.1) is 0 Å². The molecule has 9 nitrogen and oxygen atoms in total. The molecule has 0 aliphatic carbocycles. The van der Waals surface area contributed by atoms with E-state index < -0.39 is 23.8 Å². The summed E-state index contributed by atoms with van der Waals surface area (Å²) in [5.41, 5.74) is -0.00762. The van der Waals surface area contributed by atoms with Gasteiger partial charge in [-0.05, 0) is 19.2 Å². The molecule has 0 aliphatic heterocycles. The molecule has 1 N–H and O–H groups in total. The Morgan fingerprint density at radius 2 is 1.71 bits per heavy atom. The molecule has 0 aliphatic rings. The van der Waals surface area contributed by atoms with Gasteiger partial charge < -0.3 is 19.5 Å². The summed E-state index contributed by atoms with van der Waals surface area (Å²) in [6.45, 7) is 0.508. The van der Waals surface area contributed by atoms with Crippen LogP contribution in [0.4, 0.5) is 5.00 Å². The SMILES string of the molecule is COC(=O)Cc1c(C(=O)OC)sc(NC(=O)CN(C)Cc2ccc(Cl)s2)c1C(=O)OC. The Hall–Kier alpha value is -2.47. The molecule has 2 rings (SSSR count). The second-order valence-corrected chi connectivity index (χ2v) is 9.10. The van der Waals surface area contributed by atoms with E-state index in [4.69, 9.17) is 21.1 Å². The topological polar surface area (TPSA) is 111 Å². The standard InChI is InChI=1S/C19H21ClN2O7S2/c1-22(8-10-5-6-12(20)30-10)9-13(23)21-17-15(18(25)28-3)11(7-14(24)27-2)16(31-17)19(26)29-4/h5-6H,7-9H2,1-4H3,(H,21,23). The maximum Gasteiger partial charge on any atom is 0.348 e. The van der Waals surface area contributed by atoms with Gasteiger partial charge in [0.05, 0.1) is 44.2 Å². The number of thiophene rings is 2. The van der Waals surface area contributed by atoms with E-state index in [2.05, 4.69) is 10.1 Å². The number of ether oxygens (including phenoxy) is 3. The molecule has 1 amide bonds. The van der Waals surface area contributed by atoms with Crippen molar-refractivity contribution in [1.29, 1.82) is 0 Å². The smallest absolute Gasteiger partial charge is 0.348 e. The highest BCUT2D eigenvalue weighted by atomic mass is 35.5. The monoisotopic (exact) mass is 488 g/mol. The van der Waals surface area contributed by atoms with Gasteiger partial charge in [0, 0.05) is 17.0 Å². The van der Waals surface area contributed by atoms with Crippen molar-refractivity contribution in [2.45, 2.75) is 13.0 Å². The van der Waals surface area contributed by atoms with Crippen molar-refractivity contribution in [3.05, 3.63) is 37.4 Å². The Labute approximate surface area is 191 Å². The van der Waals surface area contributed by atoms with Gasteiger partial charge >= 0.3 is 17.9 Å². The molecule has 0 unspecified atom stereocenters. The van der Waals surface area contributed by atoms with E-state index in [0.29, 0.717) is 10.9 Å². The number of amides is 1. The third-order valence-electron chi connectivity index (χ3n) is 4.04. The van der Waals surface area contributed by atoms with Gasteiger partial charge in [-0.2, -0.15) is 0 Å². The van der Waals surface area contributed by atoms with E-state index in [1.54, 1.807) is 18.0 Å². The van der Waals surface area contributed by atoms with Crippen LogP contribution in [-0.4, -0.2) is 63.6 Å². The number of methoxy groups -OCH3 is 3. The minimum absolute atomic E-state index is 0.00480. The summed E-state index contributed by atoms with van der Waals surface area (Å²) in [6.07, 6.45) is -0.364. The number of likely N-dealkylation sites (N-methyl/N-ethyl adjacent to an activating group) is 1. The highest BCUT2D eigenvalue weighted by Crippen LogP contribution is 2.35. The van der Waals surface area contributed by atoms with Crippen molar-refractivity contribution in [3.8, 4) is 0 Å². The molecule has 12 heteroatoms. The van der Waals surface area contributed by atoms with Gasteiger partial charge in [0.15, 0.2) is 0 Å². The number of carbonyl (C=O) groups excluding carboxylic acids is 4. The second kappa shape index (κ2) is 11.2. The molecular weight excluding hydrogens is 468 g/mol. The van der Waals surface area contributed by atoms with Crippen molar-refractivity contribution >= 4 is 63.1 Å². The number of nitrogens with zero attached hydrogens (tertiary/aromatic N) is 1. The number of carbonyl (C=O) groups is 4. The predicted octanol–water partition coefficient (Wildman–Crippen LogP) is 2.82. The van der Waals surface area contributed by atoms with E-state index in [-0.39, 0.29) is 34.0 Å². The summed E-state index contributed by atoms with van der Waals surface area (Å²) < 4.78 is 14.8. The first kappa shape index (κ1) is 24.8. The van der Waals surface area contributed by atoms with Crippen LogP contribution >= 0.6 is 34.3 Å². The Kier molecular flexibility index (Phi) is 8.99. The van der Waals surface area contributed by atoms with Crippen LogP contribution in [-0.2, 0) is 36.8 Å². The number of esters is 3. The zero-order valence-corrected chi connectivity index (χ0v) is 19.7. The average Bonchev–Trinajstić information content (AvgIpc) is 3.29. The highest BCUT2D eigenvalue weighted by molar-refractivity contribution is 7.18. The molecule has 168 valence electrons. The maximum absolute atomic E-state index is 12.6. The van der Waals surface area contributed by atoms with Crippen LogP contribution in [0.15, 0.2) is 12.1 Å². The molecule has 0 radical (unpaired) electrons. The van der Waals surface area contributed by atoms with Gasteiger partial charge in [-0.1, -0.05) is 11.6 Å². The number of hydrogen-bond donors (Lipinski definition) is 1. The second-order valence-electron chi connectivity index (χ2n) is 6.28. The fourth-order valence-corrected chi connectivity index (χ4v) is 4.99. The molecule has 2 aromatic rings. The zero-order valence-electron chi connectivity index (χ0n) is 17.3. The normalized spacial score (nSPS) is 10.6. The van der Waals surface area contributed by atoms with Crippen LogP contribution in [0.3, 0.4) is 0 Å². The minimum Gasteiger partial charge on any atom is -0.469 e. The Morgan fingerprint density at radius 3 is 2.26 bits per heavy atom. The molecule has 0 aromatic carbocycles. The Balaban J connectivity index is 2.28. The summed E-state index contributed by atoms with van der Waals surface area (Å²) in [5, 5.41) is 2.72. The largest absolute Gasteiger partial charge is 0.469 e. The van der Waals surface area contributed by atoms with E-state index in [0.717, 1.165) is 23.3 Å². The zero-order chi connectivity index (χ0) is 23.1. The van der Waals surface area contributed by atoms with Crippen LogP contribution in [0.1, 0.15) is 30.5 Å². The molecule has 31 heavy (non-hydrogen) atoms. The average molecular weight is 489 g/mol. The van der Waals surface area contributed by atoms with Crippen LogP contribution in [0.5, 0.6) is 0 Å². The quantitative estimate of drug-likeness (QED) is 0.423. The highest BCUT2D eigenvalue weighted by Gasteiger charge is 2.30. The first-order valence-electron chi connectivity index (χ1n) is 8.81. The lowest BCUT2D eigenvalue weighted by molar-refractivity contribution is -0.139. The maximum atomic E-state index is 12.6. The van der Waals surface area contributed by atoms with Gasteiger partial charge in [0.2, 0.25) is 5.91 Å². The van der Waals surface area contributed by atoms with Gasteiger partial charge in [-0.15, -0.1) is 22.7 Å². The lowest BCUT2D eigenvalue weighted by Crippen LogP contribution is -2.29. The summed E-state index contributed by atoms with van der Waals surface area (Å²) in [6, 6.07) is 3.65. The van der Waals surface area contributed by atoms with Crippen LogP contribution in [0.25, 0.3) is 0 Å². The van der Waals surface area contributed by atoms with Crippen molar-refractivity contribution in [3.63, 3.8) is 0 Å². The summed E-state index contributed by atoms with van der Waals surface area (Å²) in [5.74, 6) is -2.64. The molecule has 0 atom stereocenters. The van der Waals surface area contributed by atoms with Crippen molar-refractivity contribution < 1.29 is 33.4 Å². The van der Waals surface area contributed by atoms with Gasteiger partial charge in [-0.3, -0.25) is 14.5 Å². The Bertz CT molecular complexity index is 986. The molecule has 0 fully saturated rings. The third-order valence-corrected chi connectivity index (χ3v) is 6.38. The lowest BCUT2D eigenvalue weighted by Gasteiger charge is -2.15. The third kappa shape index (κ3) is 6.50. The van der Waals surface area contributed by atoms with Crippen molar-refractivity contribution in [2.24, 2.45) is 0 Å². The van der Waals surface area contributed by atoms with Crippen LogP contribution < -0.4 is 5.32 Å². The fraction of sp³-hybridized carbons (Fsp3) is 0.368. The summed E-state index contributed by atoms with van der Waals surface area (Å²) in [4.78, 5) is 51.8. The van der Waals surface area contributed by atoms with E-state index >= 15 is 0 Å². The van der Waals surface area contributed by atoms with E-state index in [1.165, 1.54) is 25.6 Å². The Morgan fingerprint density at radius 1 is 1.03 bits per heavy atom. The first-order valence-corrected chi connectivity index (χ1v) is 10.8. The van der Waals surface area contributed by atoms with Gasteiger partial charge in [-0.25, -0.2) is 9.59 Å². The molecule has 0 bridgehead atoms. The number of nitrogens with one attached hydrogen (secondary N) is 1. The summed E-state index contributed by atoms with van der Waals surface area (Å²) >= 11 is 8.17. The van der Waals surface area contributed by atoms with Gasteiger partial charge in [0.25, 0.3) is 0 Å². The molecule has 0 saturated heterocycles. The molecule has 0 saturated carbocycles. The lowest BCUT2D eigenvalue weighted by atomic mass is 10.1. The number of anilines is 1. The number of hydrogen-bond acceptors (Lipinski definition) is 10. The van der Waals surface area contributed by atoms with Crippen molar-refractivity contribution in [1.82, 2.24) is 4.90 Å². The van der Waals surface area contributed by atoms with Gasteiger partial charge in [0.1, 0.15) is 9.88 Å². The summed E-state index contributed by atoms with van der Waals surface area (Å²) in [7, 11) is 5.27. The van der Waals surface area contributed by atoms with Crippen molar-refractivity contribution in [2.75, 3.05) is 40.2 Å². The molecule has 2 aromatic heterocycles. The molecule has 0 spiro atoms. The van der Waals surface area contributed by atoms with E-state index in [1.807, 2.05) is 6.07 Å². The van der Waals surface area contributed by atoms with Crippen LogP contribution in [0.2, 0.25) is 4.34 Å². The molecule has 2 heterocycles. The fourth-order valence-electron chi connectivity index (χ4n) is 2.68. The first-order chi connectivity index (χ1) is 14.7. The minimum atomic E-state index is -0.804. The van der Waals surface area contributed by atoms with E-state index in [9.17, 15) is 19.2 Å². The molecular formula is C19H21ClN2O7S2. The number of halogens is 1. The predicted molar refractivity (Wildman–Crippen MR) is 117 cm³/mol. The number of rotatable bonds is 9.